The van der Waals surface area contributed by atoms with Crippen LogP contribution in [0.3, 0.4) is 0 Å². The lowest BCUT2D eigenvalue weighted by Gasteiger charge is -2.32. The Morgan fingerprint density at radius 1 is 1.39 bits per heavy atom. The van der Waals surface area contributed by atoms with Gasteiger partial charge < -0.3 is 5.32 Å². The number of aromatic nitrogens is 1. The molecule has 1 heterocycles. The van der Waals surface area contributed by atoms with Crippen molar-refractivity contribution >= 4 is 15.8 Å². The molecule has 1 aromatic heterocycles. The molecular formula is C12H19N3O2S. The Kier molecular flexibility index (Phi) is 3.87. The summed E-state index contributed by atoms with van der Waals surface area (Å²) in [5.74, 6) is 1.31. The van der Waals surface area contributed by atoms with Gasteiger partial charge in [-0.2, -0.15) is 0 Å². The van der Waals surface area contributed by atoms with Crippen LogP contribution < -0.4 is 10.0 Å². The molecule has 0 saturated heterocycles. The van der Waals surface area contributed by atoms with E-state index in [9.17, 15) is 8.42 Å². The summed E-state index contributed by atoms with van der Waals surface area (Å²) in [5.41, 5.74) is 0. The third kappa shape index (κ3) is 3.00. The molecule has 100 valence electrons. The van der Waals surface area contributed by atoms with Gasteiger partial charge in [-0.15, -0.1) is 0 Å². The van der Waals surface area contributed by atoms with Gasteiger partial charge in [-0.3, -0.25) is 0 Å². The van der Waals surface area contributed by atoms with E-state index in [1.165, 1.54) is 6.20 Å². The Balaban J connectivity index is 2.04. The molecule has 0 bridgehead atoms. The molecule has 0 atom stereocenters. The Labute approximate surface area is 108 Å². The van der Waals surface area contributed by atoms with Crippen molar-refractivity contribution in [1.29, 1.82) is 0 Å². The topological polar surface area (TPSA) is 71.1 Å². The minimum atomic E-state index is -3.42. The molecule has 0 aromatic carbocycles. The van der Waals surface area contributed by atoms with Gasteiger partial charge in [0.2, 0.25) is 10.0 Å². The number of hydrogen-bond donors (Lipinski definition) is 2. The molecule has 1 saturated carbocycles. The maximum Gasteiger partial charge on any atom is 0.242 e. The normalized spacial score (nSPS) is 23.4. The molecule has 0 unspecified atom stereocenters. The smallest absolute Gasteiger partial charge is 0.242 e. The highest BCUT2D eigenvalue weighted by molar-refractivity contribution is 7.89. The van der Waals surface area contributed by atoms with Crippen LogP contribution in [0.2, 0.25) is 0 Å². The number of pyridine rings is 1. The van der Waals surface area contributed by atoms with Crippen LogP contribution in [-0.4, -0.2) is 26.0 Å². The molecule has 1 aliphatic rings. The molecule has 1 aromatic rings. The van der Waals surface area contributed by atoms with Crippen molar-refractivity contribution in [2.24, 2.45) is 5.92 Å². The van der Waals surface area contributed by atoms with Crippen molar-refractivity contribution in [2.75, 3.05) is 11.9 Å². The van der Waals surface area contributed by atoms with Crippen LogP contribution in [-0.2, 0) is 10.0 Å². The Hall–Kier alpha value is -1.14. The second-order valence-corrected chi connectivity index (χ2v) is 6.52. The number of sulfonamides is 1. The van der Waals surface area contributed by atoms with Gasteiger partial charge in [0.15, 0.2) is 0 Å². The van der Waals surface area contributed by atoms with Crippen molar-refractivity contribution in [3.63, 3.8) is 0 Å². The van der Waals surface area contributed by atoms with Gasteiger partial charge in [0.05, 0.1) is 0 Å². The van der Waals surface area contributed by atoms with E-state index in [0.717, 1.165) is 19.4 Å². The maximum absolute atomic E-state index is 12.0. The second kappa shape index (κ2) is 5.24. The van der Waals surface area contributed by atoms with E-state index in [0.29, 0.717) is 11.7 Å². The molecule has 2 rings (SSSR count). The molecule has 1 fully saturated rings. The fraction of sp³-hybridized carbons (Fsp3) is 0.583. The van der Waals surface area contributed by atoms with Gasteiger partial charge >= 0.3 is 0 Å². The van der Waals surface area contributed by atoms with Crippen molar-refractivity contribution in [3.8, 4) is 0 Å². The largest absolute Gasteiger partial charge is 0.370 e. The number of rotatable bonds is 5. The molecule has 0 radical (unpaired) electrons. The fourth-order valence-corrected chi connectivity index (χ4v) is 3.32. The number of nitrogens with one attached hydrogen (secondary N) is 2. The molecular weight excluding hydrogens is 250 g/mol. The average molecular weight is 269 g/mol. The van der Waals surface area contributed by atoms with Gasteiger partial charge in [-0.1, -0.05) is 6.92 Å². The highest BCUT2D eigenvalue weighted by Crippen LogP contribution is 2.27. The van der Waals surface area contributed by atoms with Crippen LogP contribution in [0.4, 0.5) is 5.82 Å². The monoisotopic (exact) mass is 269 g/mol. The van der Waals surface area contributed by atoms with Crippen molar-refractivity contribution in [2.45, 2.75) is 37.6 Å². The molecule has 6 heteroatoms. The second-order valence-electron chi connectivity index (χ2n) is 4.80. The standard InChI is InChI=1S/C12H19N3O2S/c1-3-13-12-5-4-11(8-14-12)18(16,17)15-10-6-9(2)7-10/h4-5,8-10,15H,3,6-7H2,1-2H3,(H,13,14). The SMILES string of the molecule is CCNc1ccc(S(=O)(=O)NC2CC(C)C2)cn1. The first kappa shape index (κ1) is 13.3. The highest BCUT2D eigenvalue weighted by Gasteiger charge is 2.29. The van der Waals surface area contributed by atoms with Gasteiger partial charge in [0, 0.05) is 18.8 Å². The van der Waals surface area contributed by atoms with Crippen molar-refractivity contribution < 1.29 is 8.42 Å². The zero-order valence-electron chi connectivity index (χ0n) is 10.7. The molecule has 2 N–H and O–H groups in total. The van der Waals surface area contributed by atoms with E-state index in [1.54, 1.807) is 12.1 Å². The van der Waals surface area contributed by atoms with E-state index in [-0.39, 0.29) is 10.9 Å². The van der Waals surface area contributed by atoms with Gasteiger partial charge in [0.25, 0.3) is 0 Å². The number of hydrogen-bond acceptors (Lipinski definition) is 4. The van der Waals surface area contributed by atoms with Gasteiger partial charge in [0.1, 0.15) is 10.7 Å². The summed E-state index contributed by atoms with van der Waals surface area (Å²) >= 11 is 0. The van der Waals surface area contributed by atoms with Crippen molar-refractivity contribution in [3.05, 3.63) is 18.3 Å². The summed E-state index contributed by atoms with van der Waals surface area (Å²) in [6.45, 7) is 4.85. The van der Waals surface area contributed by atoms with Crippen LogP contribution in [0.15, 0.2) is 23.2 Å². The lowest BCUT2D eigenvalue weighted by atomic mass is 9.83. The minimum absolute atomic E-state index is 0.0819. The predicted molar refractivity (Wildman–Crippen MR) is 70.9 cm³/mol. The molecule has 0 spiro atoms. The first-order valence-corrected chi connectivity index (χ1v) is 7.72. The minimum Gasteiger partial charge on any atom is -0.370 e. The average Bonchev–Trinajstić information content (AvgIpc) is 2.28. The fourth-order valence-electron chi connectivity index (χ4n) is 2.11. The molecule has 18 heavy (non-hydrogen) atoms. The highest BCUT2D eigenvalue weighted by atomic mass is 32.2. The van der Waals surface area contributed by atoms with Gasteiger partial charge in [-0.25, -0.2) is 18.1 Å². The third-order valence-corrected chi connectivity index (χ3v) is 4.61. The summed E-state index contributed by atoms with van der Waals surface area (Å²) in [6, 6.07) is 3.34. The zero-order valence-corrected chi connectivity index (χ0v) is 11.5. The third-order valence-electron chi connectivity index (χ3n) is 3.10. The van der Waals surface area contributed by atoms with Crippen LogP contribution >= 0.6 is 0 Å². The predicted octanol–water partition coefficient (Wildman–Crippen LogP) is 1.59. The van der Waals surface area contributed by atoms with Crippen LogP contribution in [0.25, 0.3) is 0 Å². The lowest BCUT2D eigenvalue weighted by molar-refractivity contribution is 0.270. The summed E-state index contributed by atoms with van der Waals surface area (Å²) < 4.78 is 26.8. The summed E-state index contributed by atoms with van der Waals surface area (Å²) in [5, 5.41) is 3.03. The van der Waals surface area contributed by atoms with E-state index in [4.69, 9.17) is 0 Å². The quantitative estimate of drug-likeness (QED) is 0.851. The van der Waals surface area contributed by atoms with E-state index >= 15 is 0 Å². The first-order chi connectivity index (χ1) is 8.51. The zero-order chi connectivity index (χ0) is 13.2. The number of anilines is 1. The van der Waals surface area contributed by atoms with Crippen LogP contribution in [0.5, 0.6) is 0 Å². The first-order valence-electron chi connectivity index (χ1n) is 6.23. The Morgan fingerprint density at radius 3 is 2.61 bits per heavy atom. The number of nitrogens with zero attached hydrogens (tertiary/aromatic N) is 1. The summed E-state index contributed by atoms with van der Waals surface area (Å²) in [6.07, 6.45) is 3.23. The molecule has 0 aliphatic heterocycles. The lowest BCUT2D eigenvalue weighted by Crippen LogP contribution is -2.43. The van der Waals surface area contributed by atoms with Crippen molar-refractivity contribution in [1.82, 2.24) is 9.71 Å². The Bertz CT molecular complexity index is 493. The molecule has 1 aliphatic carbocycles. The maximum atomic E-state index is 12.0. The van der Waals surface area contributed by atoms with E-state index in [1.807, 2.05) is 6.92 Å². The van der Waals surface area contributed by atoms with E-state index in [2.05, 4.69) is 21.9 Å². The van der Waals surface area contributed by atoms with Crippen LogP contribution in [0.1, 0.15) is 26.7 Å². The molecule has 5 nitrogen and oxygen atoms in total. The summed E-state index contributed by atoms with van der Waals surface area (Å²) in [4.78, 5) is 4.30. The van der Waals surface area contributed by atoms with Crippen LogP contribution in [0, 0.1) is 5.92 Å². The molecule has 0 amide bonds. The van der Waals surface area contributed by atoms with E-state index < -0.39 is 10.0 Å². The Morgan fingerprint density at radius 2 is 2.11 bits per heavy atom. The van der Waals surface area contributed by atoms with Gasteiger partial charge in [-0.05, 0) is 37.8 Å². The summed E-state index contributed by atoms with van der Waals surface area (Å²) in [7, 11) is -3.42.